The van der Waals surface area contributed by atoms with E-state index in [4.69, 9.17) is 0 Å². The van der Waals surface area contributed by atoms with Crippen LogP contribution in [-0.4, -0.2) is 69.3 Å². The molecule has 0 spiro atoms. The monoisotopic (exact) mass is 370 g/mol. The molecule has 0 atom stereocenters. The third-order valence-electron chi connectivity index (χ3n) is 4.97. The van der Waals surface area contributed by atoms with Crippen molar-refractivity contribution in [1.82, 2.24) is 9.21 Å². The molecule has 2 saturated heterocycles. The molecule has 0 unspecified atom stereocenters. The van der Waals surface area contributed by atoms with E-state index in [0.29, 0.717) is 32.7 Å². The second-order valence-electron chi connectivity index (χ2n) is 6.73. The van der Waals surface area contributed by atoms with E-state index < -0.39 is 15.8 Å². The number of piperidine rings is 1. The van der Waals surface area contributed by atoms with Gasteiger partial charge in [-0.15, -0.1) is 0 Å². The van der Waals surface area contributed by atoms with Crippen LogP contribution in [-0.2, 0) is 14.8 Å². The summed E-state index contributed by atoms with van der Waals surface area (Å²) >= 11 is 0. The molecule has 0 radical (unpaired) electrons. The molecule has 6 nitrogen and oxygen atoms in total. The maximum absolute atomic E-state index is 13.3. The Hall–Kier alpha value is -1.51. The van der Waals surface area contributed by atoms with E-state index in [0.717, 1.165) is 36.9 Å². The van der Waals surface area contributed by atoms with Crippen LogP contribution in [0.4, 0.5) is 4.39 Å². The molecule has 2 heterocycles. The SMILES string of the molecule is O=C(C[NH+]1CCN(S(=O)(=O)c2cccc(F)c2)CC1)N1CCCCC1. The van der Waals surface area contributed by atoms with Crippen molar-refractivity contribution in [3.8, 4) is 0 Å². The Morgan fingerprint density at radius 2 is 1.76 bits per heavy atom. The fourth-order valence-electron chi connectivity index (χ4n) is 3.47. The van der Waals surface area contributed by atoms with Gasteiger partial charge in [-0.3, -0.25) is 4.79 Å². The van der Waals surface area contributed by atoms with Crippen molar-refractivity contribution in [3.05, 3.63) is 30.1 Å². The maximum atomic E-state index is 13.3. The topological polar surface area (TPSA) is 62.1 Å². The predicted octanol–water partition coefficient (Wildman–Crippen LogP) is -0.273. The lowest BCUT2D eigenvalue weighted by atomic mass is 10.1. The lowest BCUT2D eigenvalue weighted by molar-refractivity contribution is -0.896. The molecular formula is C17H25FN3O3S+. The minimum atomic E-state index is -3.67. The molecule has 1 N–H and O–H groups in total. The highest BCUT2D eigenvalue weighted by molar-refractivity contribution is 7.89. The molecule has 2 aliphatic heterocycles. The molecule has 0 aromatic heterocycles. The maximum Gasteiger partial charge on any atom is 0.277 e. The highest BCUT2D eigenvalue weighted by Gasteiger charge is 2.32. The van der Waals surface area contributed by atoms with Gasteiger partial charge in [0, 0.05) is 13.1 Å². The zero-order valence-electron chi connectivity index (χ0n) is 14.3. The first-order valence-electron chi connectivity index (χ1n) is 8.84. The fraction of sp³-hybridized carbons (Fsp3) is 0.588. The standard InChI is InChI=1S/C17H24FN3O3S/c18-15-5-4-6-16(13-15)25(23,24)21-11-9-19(10-12-21)14-17(22)20-7-2-1-3-8-20/h4-6,13H,1-3,7-12,14H2/p+1. The van der Waals surface area contributed by atoms with Crippen molar-refractivity contribution in [2.75, 3.05) is 45.8 Å². The zero-order chi connectivity index (χ0) is 17.9. The van der Waals surface area contributed by atoms with Crippen LogP contribution in [0, 0.1) is 5.82 Å². The molecule has 3 rings (SSSR count). The summed E-state index contributed by atoms with van der Waals surface area (Å²) in [6, 6.07) is 5.10. The fourth-order valence-corrected chi connectivity index (χ4v) is 4.94. The number of nitrogens with one attached hydrogen (secondary N) is 1. The van der Waals surface area contributed by atoms with Crippen LogP contribution in [0.15, 0.2) is 29.2 Å². The first-order valence-corrected chi connectivity index (χ1v) is 10.3. The van der Waals surface area contributed by atoms with Gasteiger partial charge < -0.3 is 9.80 Å². The van der Waals surface area contributed by atoms with Gasteiger partial charge in [0.2, 0.25) is 10.0 Å². The minimum Gasteiger partial charge on any atom is -0.338 e. The van der Waals surface area contributed by atoms with Crippen LogP contribution in [0.1, 0.15) is 19.3 Å². The lowest BCUT2D eigenvalue weighted by Crippen LogP contribution is -3.15. The zero-order valence-corrected chi connectivity index (χ0v) is 15.1. The van der Waals surface area contributed by atoms with Gasteiger partial charge in [-0.1, -0.05) is 6.07 Å². The summed E-state index contributed by atoms with van der Waals surface area (Å²) in [6.07, 6.45) is 3.33. The normalized spacial score (nSPS) is 20.6. The Labute approximate surface area is 148 Å². The van der Waals surface area contributed by atoms with E-state index in [-0.39, 0.29) is 10.8 Å². The second kappa shape index (κ2) is 7.80. The molecule has 1 aromatic carbocycles. The van der Waals surface area contributed by atoms with E-state index in [2.05, 4.69) is 0 Å². The number of benzene rings is 1. The molecule has 2 fully saturated rings. The quantitative estimate of drug-likeness (QED) is 0.794. The Balaban J connectivity index is 1.55. The number of hydrogen-bond acceptors (Lipinski definition) is 3. The van der Waals surface area contributed by atoms with E-state index >= 15 is 0 Å². The molecule has 8 heteroatoms. The summed E-state index contributed by atoms with van der Waals surface area (Å²) in [6.45, 7) is 3.98. The Bertz CT molecular complexity index is 712. The number of sulfonamides is 1. The highest BCUT2D eigenvalue weighted by atomic mass is 32.2. The summed E-state index contributed by atoms with van der Waals surface area (Å²) < 4.78 is 39.9. The third-order valence-corrected chi connectivity index (χ3v) is 6.87. The third kappa shape index (κ3) is 4.37. The predicted molar refractivity (Wildman–Crippen MR) is 91.2 cm³/mol. The smallest absolute Gasteiger partial charge is 0.277 e. The van der Waals surface area contributed by atoms with Gasteiger partial charge in [-0.05, 0) is 37.5 Å². The Morgan fingerprint density at radius 3 is 2.40 bits per heavy atom. The number of amides is 1. The Morgan fingerprint density at radius 1 is 1.08 bits per heavy atom. The first-order chi connectivity index (χ1) is 12.0. The molecule has 0 bridgehead atoms. The number of nitrogens with zero attached hydrogens (tertiary/aromatic N) is 2. The molecule has 2 aliphatic rings. The Kier molecular flexibility index (Phi) is 5.71. The van der Waals surface area contributed by atoms with E-state index in [1.165, 1.54) is 28.9 Å². The number of halogens is 1. The van der Waals surface area contributed by atoms with Crippen LogP contribution in [0.25, 0.3) is 0 Å². The summed E-state index contributed by atoms with van der Waals surface area (Å²) in [4.78, 5) is 15.4. The van der Waals surface area contributed by atoms with Gasteiger partial charge >= 0.3 is 0 Å². The van der Waals surface area contributed by atoms with Crippen LogP contribution in [0.2, 0.25) is 0 Å². The molecular weight excluding hydrogens is 345 g/mol. The van der Waals surface area contributed by atoms with Crippen molar-refractivity contribution < 1.29 is 22.5 Å². The van der Waals surface area contributed by atoms with Crippen LogP contribution < -0.4 is 4.90 Å². The summed E-state index contributed by atoms with van der Waals surface area (Å²) in [5.41, 5.74) is 0. The van der Waals surface area contributed by atoms with Crippen molar-refractivity contribution in [1.29, 1.82) is 0 Å². The summed E-state index contributed by atoms with van der Waals surface area (Å²) in [5.74, 6) is -0.395. The largest absolute Gasteiger partial charge is 0.338 e. The van der Waals surface area contributed by atoms with Crippen molar-refractivity contribution in [2.24, 2.45) is 0 Å². The average molecular weight is 370 g/mol. The molecule has 0 saturated carbocycles. The van der Waals surface area contributed by atoms with Crippen LogP contribution in [0.3, 0.4) is 0 Å². The number of quaternary nitrogens is 1. The van der Waals surface area contributed by atoms with Crippen LogP contribution in [0.5, 0.6) is 0 Å². The first kappa shape index (κ1) is 18.3. The highest BCUT2D eigenvalue weighted by Crippen LogP contribution is 2.16. The van der Waals surface area contributed by atoms with Gasteiger partial charge in [-0.25, -0.2) is 12.8 Å². The average Bonchev–Trinajstić information content (AvgIpc) is 2.63. The number of rotatable bonds is 4. The van der Waals surface area contributed by atoms with Crippen LogP contribution >= 0.6 is 0 Å². The van der Waals surface area contributed by atoms with Gasteiger partial charge in [0.05, 0.1) is 31.1 Å². The number of carbonyl (C=O) groups is 1. The molecule has 138 valence electrons. The molecule has 0 aliphatic carbocycles. The number of carbonyl (C=O) groups excluding carboxylic acids is 1. The van der Waals surface area contributed by atoms with E-state index in [1.54, 1.807) is 0 Å². The van der Waals surface area contributed by atoms with Crippen molar-refractivity contribution in [3.63, 3.8) is 0 Å². The minimum absolute atomic E-state index is 0.0136. The van der Waals surface area contributed by atoms with Crippen molar-refractivity contribution in [2.45, 2.75) is 24.2 Å². The molecule has 25 heavy (non-hydrogen) atoms. The molecule has 1 amide bonds. The van der Waals surface area contributed by atoms with E-state index in [1.807, 2.05) is 4.90 Å². The second-order valence-corrected chi connectivity index (χ2v) is 8.67. The summed E-state index contributed by atoms with van der Waals surface area (Å²) in [7, 11) is -3.67. The lowest BCUT2D eigenvalue weighted by Gasteiger charge is -2.33. The number of likely N-dealkylation sites (tertiary alicyclic amines) is 1. The van der Waals surface area contributed by atoms with Gasteiger partial charge in [0.15, 0.2) is 6.54 Å². The number of piperazine rings is 1. The number of hydrogen-bond donors (Lipinski definition) is 1. The van der Waals surface area contributed by atoms with Gasteiger partial charge in [0.1, 0.15) is 5.82 Å². The summed E-state index contributed by atoms with van der Waals surface area (Å²) in [5, 5.41) is 0. The molecule has 1 aromatic rings. The van der Waals surface area contributed by atoms with Crippen molar-refractivity contribution >= 4 is 15.9 Å². The van der Waals surface area contributed by atoms with Gasteiger partial charge in [-0.2, -0.15) is 4.31 Å². The van der Waals surface area contributed by atoms with Gasteiger partial charge in [0.25, 0.3) is 5.91 Å². The van der Waals surface area contributed by atoms with E-state index in [9.17, 15) is 17.6 Å².